The van der Waals surface area contributed by atoms with Crippen LogP contribution in [0.5, 0.6) is 5.75 Å². The number of carbonyl (C=O) groups excluding carboxylic acids is 1. The summed E-state index contributed by atoms with van der Waals surface area (Å²) in [4.78, 5) is 16.8. The molecule has 27 heavy (non-hydrogen) atoms. The number of methoxy groups -OCH3 is 1. The van der Waals surface area contributed by atoms with Gasteiger partial charge in [-0.1, -0.05) is 37.8 Å². The van der Waals surface area contributed by atoms with Gasteiger partial charge in [-0.15, -0.1) is 0 Å². The summed E-state index contributed by atoms with van der Waals surface area (Å²) in [7, 11) is 1.68. The van der Waals surface area contributed by atoms with Crippen LogP contribution in [0.25, 0.3) is 0 Å². The first-order chi connectivity index (χ1) is 13.2. The lowest BCUT2D eigenvalue weighted by molar-refractivity contribution is 0.0928. The Hall–Kier alpha value is -2.56. The molecule has 3 rings (SSSR count). The van der Waals surface area contributed by atoms with Crippen molar-refractivity contribution >= 4 is 11.6 Å². The first-order valence-corrected chi connectivity index (χ1v) is 9.88. The van der Waals surface area contributed by atoms with E-state index >= 15 is 0 Å². The van der Waals surface area contributed by atoms with Crippen molar-refractivity contribution in [3.63, 3.8) is 0 Å². The summed E-state index contributed by atoms with van der Waals surface area (Å²) >= 11 is 0. The number of anilines is 1. The van der Waals surface area contributed by atoms with Crippen LogP contribution in [-0.4, -0.2) is 30.6 Å². The summed E-state index contributed by atoms with van der Waals surface area (Å²) < 4.78 is 5.26. The summed E-state index contributed by atoms with van der Waals surface area (Å²) in [5.74, 6) is 0.798. The van der Waals surface area contributed by atoms with Gasteiger partial charge in [-0.3, -0.25) is 9.78 Å². The average molecular weight is 367 g/mol. The lowest BCUT2D eigenvalue weighted by Crippen LogP contribution is -2.34. The molecule has 5 nitrogen and oxygen atoms in total. The highest BCUT2D eigenvalue weighted by Gasteiger charge is 2.16. The zero-order chi connectivity index (χ0) is 18.9. The van der Waals surface area contributed by atoms with Crippen LogP contribution < -0.4 is 15.4 Å². The predicted molar refractivity (Wildman–Crippen MR) is 108 cm³/mol. The van der Waals surface area contributed by atoms with Crippen molar-refractivity contribution < 1.29 is 9.53 Å². The molecule has 1 heterocycles. The smallest absolute Gasteiger partial charge is 0.270 e. The van der Waals surface area contributed by atoms with Crippen LogP contribution in [0, 0.1) is 0 Å². The van der Waals surface area contributed by atoms with Gasteiger partial charge in [0, 0.05) is 24.5 Å². The van der Waals surface area contributed by atoms with Crippen molar-refractivity contribution in [2.24, 2.45) is 0 Å². The summed E-state index contributed by atoms with van der Waals surface area (Å²) in [6.07, 6.45) is 9.66. The maximum atomic E-state index is 12.5. The fraction of sp³-hybridized carbons (Fsp3) is 0.455. The van der Waals surface area contributed by atoms with Gasteiger partial charge < -0.3 is 15.4 Å². The number of ether oxygens (including phenoxy) is 1. The number of carbonyl (C=O) groups is 1. The first kappa shape index (κ1) is 19.2. The Morgan fingerprint density at radius 2 is 1.96 bits per heavy atom. The lowest BCUT2D eigenvalue weighted by Gasteiger charge is -2.16. The molecule has 144 valence electrons. The van der Waals surface area contributed by atoms with Crippen LogP contribution in [0.3, 0.4) is 0 Å². The molecular formula is C22H29N3O2. The topological polar surface area (TPSA) is 63.2 Å². The van der Waals surface area contributed by atoms with E-state index in [1.54, 1.807) is 13.3 Å². The number of pyridine rings is 1. The van der Waals surface area contributed by atoms with E-state index in [9.17, 15) is 4.79 Å². The molecule has 2 N–H and O–H groups in total. The maximum Gasteiger partial charge on any atom is 0.270 e. The van der Waals surface area contributed by atoms with Crippen molar-refractivity contribution in [1.29, 1.82) is 0 Å². The molecular weight excluding hydrogens is 338 g/mol. The normalized spacial score (nSPS) is 15.0. The second kappa shape index (κ2) is 9.95. The van der Waals surface area contributed by atoms with E-state index in [1.807, 2.05) is 30.3 Å². The molecule has 1 fully saturated rings. The third-order valence-electron chi connectivity index (χ3n) is 5.06. The molecule has 0 spiro atoms. The Bertz CT molecular complexity index is 740. The molecule has 1 aromatic heterocycles. The summed E-state index contributed by atoms with van der Waals surface area (Å²) in [6, 6.07) is 12.1. The SMILES string of the molecule is COc1cccc(CCNc2ccnc(C(=O)NC3CCCCCC3)c2)c1. The number of aromatic nitrogens is 1. The minimum absolute atomic E-state index is 0.0710. The molecule has 1 aliphatic carbocycles. The van der Waals surface area contributed by atoms with Crippen LogP contribution in [0.2, 0.25) is 0 Å². The highest BCUT2D eigenvalue weighted by Crippen LogP contribution is 2.18. The van der Waals surface area contributed by atoms with Gasteiger partial charge in [0.2, 0.25) is 0 Å². The third-order valence-corrected chi connectivity index (χ3v) is 5.06. The van der Waals surface area contributed by atoms with E-state index < -0.39 is 0 Å². The molecule has 1 aliphatic rings. The standard InChI is InChI=1S/C22H29N3O2/c1-27-20-10-6-7-17(15-20)11-13-23-19-12-14-24-21(16-19)22(26)25-18-8-4-2-3-5-9-18/h6-7,10,12,14-16,18H,2-5,8-9,11,13H2,1H3,(H,23,24)(H,25,26). The molecule has 1 aromatic carbocycles. The van der Waals surface area contributed by atoms with Gasteiger partial charge in [-0.25, -0.2) is 0 Å². The highest BCUT2D eigenvalue weighted by molar-refractivity contribution is 5.93. The second-order valence-corrected chi connectivity index (χ2v) is 7.12. The zero-order valence-corrected chi connectivity index (χ0v) is 16.0. The third kappa shape index (κ3) is 5.98. The molecule has 1 amide bonds. The van der Waals surface area contributed by atoms with Crippen LogP contribution in [0.4, 0.5) is 5.69 Å². The number of nitrogens with one attached hydrogen (secondary N) is 2. The Kier molecular flexibility index (Phi) is 7.08. The van der Waals surface area contributed by atoms with Crippen molar-refractivity contribution in [2.45, 2.75) is 51.0 Å². The second-order valence-electron chi connectivity index (χ2n) is 7.12. The minimum Gasteiger partial charge on any atom is -0.497 e. The molecule has 1 saturated carbocycles. The maximum absolute atomic E-state index is 12.5. The summed E-state index contributed by atoms with van der Waals surface area (Å²) in [5, 5.41) is 6.53. The van der Waals surface area contributed by atoms with Gasteiger partial charge >= 0.3 is 0 Å². The number of rotatable bonds is 7. The van der Waals surface area contributed by atoms with Crippen molar-refractivity contribution in [3.8, 4) is 5.75 Å². The monoisotopic (exact) mass is 367 g/mol. The van der Waals surface area contributed by atoms with Crippen LogP contribution in [-0.2, 0) is 6.42 Å². The number of hydrogen-bond acceptors (Lipinski definition) is 4. The molecule has 5 heteroatoms. The molecule has 0 saturated heterocycles. The Labute approximate surface area is 161 Å². The molecule has 0 radical (unpaired) electrons. The Balaban J connectivity index is 1.52. The van der Waals surface area contributed by atoms with Gasteiger partial charge in [0.1, 0.15) is 11.4 Å². The minimum atomic E-state index is -0.0710. The van der Waals surface area contributed by atoms with Gasteiger partial charge in [0.25, 0.3) is 5.91 Å². The number of amides is 1. The van der Waals surface area contributed by atoms with E-state index in [-0.39, 0.29) is 11.9 Å². The molecule has 2 aromatic rings. The fourth-order valence-corrected chi connectivity index (χ4v) is 3.53. The lowest BCUT2D eigenvalue weighted by atomic mass is 10.1. The predicted octanol–water partition coefficient (Wildman–Crippen LogP) is 4.20. The molecule has 0 bridgehead atoms. The van der Waals surface area contributed by atoms with Crippen LogP contribution >= 0.6 is 0 Å². The van der Waals surface area contributed by atoms with Gasteiger partial charge in [-0.2, -0.15) is 0 Å². The number of nitrogens with zero attached hydrogens (tertiary/aromatic N) is 1. The van der Waals surface area contributed by atoms with Gasteiger partial charge in [0.05, 0.1) is 7.11 Å². The van der Waals surface area contributed by atoms with Crippen molar-refractivity contribution in [1.82, 2.24) is 10.3 Å². The molecule has 0 atom stereocenters. The number of benzene rings is 1. The van der Waals surface area contributed by atoms with E-state index in [0.717, 1.165) is 37.2 Å². The van der Waals surface area contributed by atoms with Crippen LogP contribution in [0.15, 0.2) is 42.6 Å². The molecule has 0 unspecified atom stereocenters. The Morgan fingerprint density at radius 1 is 1.15 bits per heavy atom. The van der Waals surface area contributed by atoms with E-state index in [2.05, 4.69) is 21.7 Å². The zero-order valence-electron chi connectivity index (χ0n) is 16.0. The van der Waals surface area contributed by atoms with Gasteiger partial charge in [-0.05, 0) is 49.1 Å². The summed E-state index contributed by atoms with van der Waals surface area (Å²) in [5.41, 5.74) is 2.60. The van der Waals surface area contributed by atoms with Crippen LogP contribution in [0.1, 0.15) is 54.6 Å². The fourth-order valence-electron chi connectivity index (χ4n) is 3.53. The van der Waals surface area contributed by atoms with E-state index in [1.165, 1.54) is 31.2 Å². The van der Waals surface area contributed by atoms with Gasteiger partial charge in [0.15, 0.2) is 0 Å². The van der Waals surface area contributed by atoms with Crippen molar-refractivity contribution in [2.75, 3.05) is 19.0 Å². The van der Waals surface area contributed by atoms with E-state index in [4.69, 9.17) is 4.74 Å². The Morgan fingerprint density at radius 3 is 2.74 bits per heavy atom. The first-order valence-electron chi connectivity index (χ1n) is 9.88. The average Bonchev–Trinajstić information content (AvgIpc) is 2.97. The largest absolute Gasteiger partial charge is 0.497 e. The summed E-state index contributed by atoms with van der Waals surface area (Å²) in [6.45, 7) is 0.779. The van der Waals surface area contributed by atoms with E-state index in [0.29, 0.717) is 5.69 Å². The number of hydrogen-bond donors (Lipinski definition) is 2. The molecule has 0 aliphatic heterocycles. The van der Waals surface area contributed by atoms with Crippen molar-refractivity contribution in [3.05, 3.63) is 53.9 Å². The quantitative estimate of drug-likeness (QED) is 0.720. The highest BCUT2D eigenvalue weighted by atomic mass is 16.5.